The average molecular weight is 1310 g/mol. The third-order valence-corrected chi connectivity index (χ3v) is 17.6. The molecule has 0 amide bonds. The van der Waals surface area contributed by atoms with Gasteiger partial charge in [0, 0.05) is 25.7 Å². The Morgan fingerprint density at radius 3 is 0.921 bits per heavy atom. The van der Waals surface area contributed by atoms with Crippen LogP contribution in [0.5, 0.6) is 0 Å². The molecule has 0 radical (unpaired) electrons. The van der Waals surface area contributed by atoms with Gasteiger partial charge in [-0.3, -0.25) is 37.3 Å². The molecule has 0 aliphatic heterocycles. The van der Waals surface area contributed by atoms with E-state index in [9.17, 15) is 43.2 Å². The van der Waals surface area contributed by atoms with Crippen molar-refractivity contribution in [3.63, 3.8) is 0 Å². The van der Waals surface area contributed by atoms with E-state index in [0.717, 1.165) is 109 Å². The molecule has 0 spiro atoms. The van der Waals surface area contributed by atoms with Gasteiger partial charge >= 0.3 is 39.5 Å². The first-order valence-electron chi connectivity index (χ1n) is 36.0. The first-order chi connectivity index (χ1) is 43.0. The van der Waals surface area contributed by atoms with Crippen LogP contribution in [0, 0.1) is 5.92 Å². The van der Waals surface area contributed by atoms with Crippen LogP contribution in [0.25, 0.3) is 0 Å². The van der Waals surface area contributed by atoms with Crippen molar-refractivity contribution < 1.29 is 80.2 Å². The second kappa shape index (κ2) is 63.0. The summed E-state index contributed by atoms with van der Waals surface area (Å²) in [6, 6.07) is 0. The Bertz CT molecular complexity index is 1810. The number of hydrogen-bond donors (Lipinski definition) is 3. The smallest absolute Gasteiger partial charge is 0.462 e. The van der Waals surface area contributed by atoms with Crippen molar-refractivity contribution >= 4 is 39.5 Å². The minimum absolute atomic E-state index is 0.1000. The maximum atomic E-state index is 13.0. The SMILES string of the molecule is CCCCCC/C=C\C=C/CCCCCCCC(=O)OC[C@H](COP(=O)(O)OC[C@@H](O)COP(=O)(O)OC[C@@H](COC(=O)CCCCCCCCCCC)OC(=O)CCCCCCCCC(C)C)OC(=O)CCCCCCCCCCCCCCCCCC. The van der Waals surface area contributed by atoms with E-state index in [1.165, 1.54) is 141 Å². The molecule has 0 saturated carbocycles. The van der Waals surface area contributed by atoms with Gasteiger partial charge in [-0.2, -0.15) is 0 Å². The quantitative estimate of drug-likeness (QED) is 0.0169. The van der Waals surface area contributed by atoms with Crippen molar-refractivity contribution in [3.8, 4) is 0 Å². The van der Waals surface area contributed by atoms with Crippen LogP contribution in [0.15, 0.2) is 24.3 Å². The van der Waals surface area contributed by atoms with E-state index >= 15 is 0 Å². The minimum atomic E-state index is -4.96. The molecule has 0 aromatic heterocycles. The van der Waals surface area contributed by atoms with Gasteiger partial charge in [0.15, 0.2) is 12.2 Å². The van der Waals surface area contributed by atoms with Crippen molar-refractivity contribution in [1.82, 2.24) is 0 Å². The van der Waals surface area contributed by atoms with E-state index < -0.39 is 97.5 Å². The van der Waals surface area contributed by atoms with Crippen LogP contribution in [-0.4, -0.2) is 96.7 Å². The molecule has 3 N–H and O–H groups in total. The first-order valence-corrected chi connectivity index (χ1v) is 38.9. The van der Waals surface area contributed by atoms with Crippen LogP contribution in [-0.2, 0) is 65.4 Å². The largest absolute Gasteiger partial charge is 0.472 e. The summed E-state index contributed by atoms with van der Waals surface area (Å²) < 4.78 is 68.1. The Morgan fingerprint density at radius 2 is 0.607 bits per heavy atom. The van der Waals surface area contributed by atoms with Crippen molar-refractivity contribution in [2.45, 2.75) is 355 Å². The predicted molar refractivity (Wildman–Crippen MR) is 358 cm³/mol. The molecule has 0 bridgehead atoms. The van der Waals surface area contributed by atoms with Crippen molar-refractivity contribution in [3.05, 3.63) is 24.3 Å². The summed E-state index contributed by atoms with van der Waals surface area (Å²) in [5, 5.41) is 10.6. The highest BCUT2D eigenvalue weighted by Crippen LogP contribution is 2.45. The molecule has 0 aromatic rings. The lowest BCUT2D eigenvalue weighted by molar-refractivity contribution is -0.161. The molecule has 2 unspecified atom stereocenters. The zero-order valence-electron chi connectivity index (χ0n) is 57.0. The average Bonchev–Trinajstić information content (AvgIpc) is 3.69. The number of phosphoric ester groups is 2. The van der Waals surface area contributed by atoms with Gasteiger partial charge in [0.25, 0.3) is 0 Å². The third-order valence-electron chi connectivity index (χ3n) is 15.7. The standard InChI is InChI=1S/C70H132O17P2/c1-6-9-12-15-18-21-23-25-27-29-31-33-36-39-45-50-55-69(74)86-65(59-81-68(73)54-49-44-38-35-32-30-28-26-24-22-19-16-13-10-7-2)61-84-88(76,77)82-57-64(71)58-83-89(78,79)85-62-66(87-70(75)56-51-46-41-40-42-47-52-63(4)5)60-80-67(72)53-48-43-37-34-20-17-14-11-8-3/h22,24,26,28,63-66,71H,6-21,23,25,27,29-62H2,1-5H3,(H,76,77)(H,78,79)/b24-22-,28-26-/t64-,65-,66-/m1/s1. The summed E-state index contributed by atoms with van der Waals surface area (Å²) in [5.74, 6) is -1.49. The molecular formula is C70H132O17P2. The number of ether oxygens (including phenoxy) is 4. The molecule has 17 nitrogen and oxygen atoms in total. The molecule has 0 rings (SSSR count). The zero-order chi connectivity index (χ0) is 65.6. The highest BCUT2D eigenvalue weighted by molar-refractivity contribution is 7.47. The van der Waals surface area contributed by atoms with Gasteiger partial charge < -0.3 is 33.8 Å². The second-order valence-electron chi connectivity index (χ2n) is 25.1. The fourth-order valence-electron chi connectivity index (χ4n) is 10.1. The van der Waals surface area contributed by atoms with Gasteiger partial charge in [-0.25, -0.2) is 9.13 Å². The highest BCUT2D eigenvalue weighted by atomic mass is 31.2. The summed E-state index contributed by atoms with van der Waals surface area (Å²) in [6.07, 6.45) is 52.3. The molecule has 5 atom stereocenters. The van der Waals surface area contributed by atoms with Crippen molar-refractivity contribution in [2.75, 3.05) is 39.6 Å². The summed E-state index contributed by atoms with van der Waals surface area (Å²) in [7, 11) is -9.91. The van der Waals surface area contributed by atoms with Gasteiger partial charge in [0.05, 0.1) is 26.4 Å². The molecule has 524 valence electrons. The number of carbonyl (C=O) groups is 4. The second-order valence-corrected chi connectivity index (χ2v) is 28.0. The molecule has 0 aliphatic rings. The monoisotopic (exact) mass is 1310 g/mol. The van der Waals surface area contributed by atoms with E-state index in [4.69, 9.17) is 37.0 Å². The topological polar surface area (TPSA) is 237 Å². The minimum Gasteiger partial charge on any atom is -0.462 e. The van der Waals surface area contributed by atoms with Crippen LogP contribution in [0.1, 0.15) is 336 Å². The van der Waals surface area contributed by atoms with Crippen LogP contribution < -0.4 is 0 Å². The molecular weight excluding hydrogens is 1170 g/mol. The number of unbranched alkanes of at least 4 members (excludes halogenated alkanes) is 37. The van der Waals surface area contributed by atoms with E-state index in [1.807, 2.05) is 0 Å². The van der Waals surface area contributed by atoms with Crippen molar-refractivity contribution in [2.24, 2.45) is 5.92 Å². The normalized spacial score (nSPS) is 14.3. The van der Waals surface area contributed by atoms with Gasteiger partial charge in [0.1, 0.15) is 19.3 Å². The van der Waals surface area contributed by atoms with Crippen LogP contribution in [0.2, 0.25) is 0 Å². The number of phosphoric acid groups is 2. The Hall–Kier alpha value is -2.46. The van der Waals surface area contributed by atoms with Gasteiger partial charge in [-0.05, 0) is 57.3 Å². The summed E-state index contributed by atoms with van der Waals surface area (Å²) in [4.78, 5) is 72.4. The van der Waals surface area contributed by atoms with Crippen LogP contribution in [0.4, 0.5) is 0 Å². The number of rotatable bonds is 68. The van der Waals surface area contributed by atoms with Gasteiger partial charge in [0.2, 0.25) is 0 Å². The molecule has 89 heavy (non-hydrogen) atoms. The Morgan fingerprint density at radius 1 is 0.348 bits per heavy atom. The molecule has 0 fully saturated rings. The molecule has 19 heteroatoms. The van der Waals surface area contributed by atoms with E-state index in [2.05, 4.69) is 58.9 Å². The van der Waals surface area contributed by atoms with Crippen LogP contribution in [0.3, 0.4) is 0 Å². The fraction of sp³-hybridized carbons (Fsp3) is 0.886. The Kier molecular flexibility index (Phi) is 61.2. The maximum absolute atomic E-state index is 13.0. The lowest BCUT2D eigenvalue weighted by atomic mass is 10.0. The summed E-state index contributed by atoms with van der Waals surface area (Å²) in [6.45, 7) is 7.07. The Balaban J connectivity index is 5.25. The highest BCUT2D eigenvalue weighted by Gasteiger charge is 2.30. The van der Waals surface area contributed by atoms with E-state index in [0.29, 0.717) is 31.6 Å². The third kappa shape index (κ3) is 64.1. The fourth-order valence-corrected chi connectivity index (χ4v) is 11.7. The lowest BCUT2D eigenvalue weighted by Crippen LogP contribution is -2.30. The number of hydrogen-bond acceptors (Lipinski definition) is 15. The number of carbonyl (C=O) groups excluding carboxylic acids is 4. The van der Waals surface area contributed by atoms with Crippen LogP contribution >= 0.6 is 15.6 Å². The number of esters is 4. The predicted octanol–water partition coefficient (Wildman–Crippen LogP) is 19.7. The number of allylic oxidation sites excluding steroid dienone is 4. The molecule has 0 heterocycles. The summed E-state index contributed by atoms with van der Waals surface area (Å²) >= 11 is 0. The van der Waals surface area contributed by atoms with E-state index in [1.54, 1.807) is 0 Å². The lowest BCUT2D eigenvalue weighted by Gasteiger charge is -2.21. The number of aliphatic hydroxyl groups is 1. The van der Waals surface area contributed by atoms with Gasteiger partial charge in [-0.15, -0.1) is 0 Å². The molecule has 0 aliphatic carbocycles. The van der Waals surface area contributed by atoms with E-state index in [-0.39, 0.29) is 25.7 Å². The molecule has 0 saturated heterocycles. The van der Waals surface area contributed by atoms with Crippen molar-refractivity contribution in [1.29, 1.82) is 0 Å². The Labute approximate surface area is 542 Å². The maximum Gasteiger partial charge on any atom is 0.472 e. The van der Waals surface area contributed by atoms with Gasteiger partial charge in [-0.1, -0.05) is 284 Å². The summed E-state index contributed by atoms with van der Waals surface area (Å²) in [5.41, 5.74) is 0. The zero-order valence-corrected chi connectivity index (χ0v) is 58.8. The first kappa shape index (κ1) is 86.5. The molecule has 0 aromatic carbocycles. The number of aliphatic hydroxyl groups excluding tert-OH is 1.